The van der Waals surface area contributed by atoms with Crippen LogP contribution < -0.4 is 9.47 Å². The van der Waals surface area contributed by atoms with Gasteiger partial charge in [-0.15, -0.1) is 21.5 Å². The summed E-state index contributed by atoms with van der Waals surface area (Å²) in [7, 11) is 3.26. The topological polar surface area (TPSA) is 62.1 Å². The van der Waals surface area contributed by atoms with E-state index in [1.54, 1.807) is 37.3 Å². The van der Waals surface area contributed by atoms with E-state index in [4.69, 9.17) is 14.5 Å². The zero-order valence-electron chi connectivity index (χ0n) is 18.0. The number of thiazole rings is 1. The summed E-state index contributed by atoms with van der Waals surface area (Å²) in [5.41, 5.74) is 4.39. The summed E-state index contributed by atoms with van der Waals surface area (Å²) in [6, 6.07) is 14.3. The molecule has 0 unspecified atom stereocenters. The molecule has 0 amide bonds. The minimum absolute atomic E-state index is 0.672. The molecule has 0 N–H and O–H groups in total. The van der Waals surface area contributed by atoms with Crippen molar-refractivity contribution in [2.75, 3.05) is 14.2 Å². The van der Waals surface area contributed by atoms with Gasteiger partial charge in [0.1, 0.15) is 5.01 Å². The van der Waals surface area contributed by atoms with Crippen LogP contribution >= 0.6 is 23.1 Å². The van der Waals surface area contributed by atoms with Crippen LogP contribution in [-0.2, 0) is 12.3 Å². The quantitative estimate of drug-likeness (QED) is 0.319. The van der Waals surface area contributed by atoms with Gasteiger partial charge in [-0.3, -0.25) is 0 Å². The second-order valence-electron chi connectivity index (χ2n) is 6.92. The highest BCUT2D eigenvalue weighted by Crippen LogP contribution is 2.33. The van der Waals surface area contributed by atoms with E-state index < -0.39 is 0 Å². The fourth-order valence-electron chi connectivity index (χ4n) is 3.21. The fourth-order valence-corrected chi connectivity index (χ4v) is 5.04. The summed E-state index contributed by atoms with van der Waals surface area (Å²) in [5.74, 6) is 2.92. The van der Waals surface area contributed by atoms with E-state index in [1.807, 2.05) is 18.2 Å². The molecule has 4 aromatic rings. The van der Waals surface area contributed by atoms with Gasteiger partial charge in [0.15, 0.2) is 22.5 Å². The van der Waals surface area contributed by atoms with Gasteiger partial charge in [-0.1, -0.05) is 41.6 Å². The molecule has 4 rings (SSSR count). The smallest absolute Gasteiger partial charge is 0.191 e. The maximum absolute atomic E-state index is 5.43. The minimum Gasteiger partial charge on any atom is -0.493 e. The first kappa shape index (κ1) is 21.4. The third kappa shape index (κ3) is 4.60. The summed E-state index contributed by atoms with van der Waals surface area (Å²) in [6.07, 6.45) is 0. The lowest BCUT2D eigenvalue weighted by atomic mass is 10.2. The number of ether oxygens (including phenoxy) is 2. The van der Waals surface area contributed by atoms with Crippen LogP contribution in [0.5, 0.6) is 11.5 Å². The third-order valence-corrected chi connectivity index (χ3v) is 6.81. The van der Waals surface area contributed by atoms with Crippen molar-refractivity contribution in [1.29, 1.82) is 0 Å². The van der Waals surface area contributed by atoms with E-state index in [1.165, 1.54) is 5.56 Å². The molecule has 160 valence electrons. The number of nitrogens with zero attached hydrogens (tertiary/aromatic N) is 4. The van der Waals surface area contributed by atoms with Crippen LogP contribution in [0.15, 0.2) is 53.0 Å². The Labute approximate surface area is 190 Å². The Morgan fingerprint density at radius 3 is 2.42 bits per heavy atom. The molecule has 31 heavy (non-hydrogen) atoms. The van der Waals surface area contributed by atoms with Gasteiger partial charge in [-0.05, 0) is 32.0 Å². The number of aryl methyl sites for hydroxylation is 1. The van der Waals surface area contributed by atoms with Crippen molar-refractivity contribution in [3.8, 4) is 33.5 Å². The zero-order chi connectivity index (χ0) is 21.8. The number of thioether (sulfide) groups is 1. The molecule has 0 aliphatic heterocycles. The predicted molar refractivity (Wildman–Crippen MR) is 126 cm³/mol. The SMILES string of the molecule is CCn1c(SCc2csc(-c3ccc(C)cc3)n2)nnc1-c1ccc(OC)c(OC)c1. The van der Waals surface area contributed by atoms with Crippen molar-refractivity contribution in [2.24, 2.45) is 0 Å². The van der Waals surface area contributed by atoms with E-state index in [0.29, 0.717) is 11.5 Å². The lowest BCUT2D eigenvalue weighted by molar-refractivity contribution is 0.355. The maximum Gasteiger partial charge on any atom is 0.191 e. The Morgan fingerprint density at radius 1 is 0.968 bits per heavy atom. The van der Waals surface area contributed by atoms with Crippen LogP contribution in [0.3, 0.4) is 0 Å². The number of aromatic nitrogens is 4. The molecule has 2 aromatic heterocycles. The lowest BCUT2D eigenvalue weighted by Crippen LogP contribution is -2.00. The first-order valence-corrected chi connectivity index (χ1v) is 11.8. The first-order chi connectivity index (χ1) is 15.1. The van der Waals surface area contributed by atoms with Crippen molar-refractivity contribution in [2.45, 2.75) is 31.3 Å². The van der Waals surface area contributed by atoms with Crippen molar-refractivity contribution in [1.82, 2.24) is 19.7 Å². The average Bonchev–Trinajstić information content (AvgIpc) is 3.44. The summed E-state index contributed by atoms with van der Waals surface area (Å²) >= 11 is 3.32. The Balaban J connectivity index is 1.52. The number of hydrogen-bond donors (Lipinski definition) is 0. The van der Waals surface area contributed by atoms with Crippen LogP contribution in [0.4, 0.5) is 0 Å². The fraction of sp³-hybridized carbons (Fsp3) is 0.261. The van der Waals surface area contributed by atoms with Gasteiger partial charge >= 0.3 is 0 Å². The van der Waals surface area contributed by atoms with Crippen LogP contribution in [0.1, 0.15) is 18.2 Å². The van der Waals surface area contributed by atoms with Gasteiger partial charge in [0, 0.05) is 28.8 Å². The van der Waals surface area contributed by atoms with Crippen molar-refractivity contribution in [3.63, 3.8) is 0 Å². The van der Waals surface area contributed by atoms with E-state index in [2.05, 4.69) is 58.3 Å². The summed E-state index contributed by atoms with van der Waals surface area (Å²) < 4.78 is 12.9. The Bertz CT molecular complexity index is 1170. The average molecular weight is 453 g/mol. The van der Waals surface area contributed by atoms with E-state index in [-0.39, 0.29) is 0 Å². The van der Waals surface area contributed by atoms with Crippen molar-refractivity contribution >= 4 is 23.1 Å². The molecule has 2 heterocycles. The molecule has 0 aliphatic carbocycles. The van der Waals surface area contributed by atoms with Crippen LogP contribution in [0.2, 0.25) is 0 Å². The zero-order valence-corrected chi connectivity index (χ0v) is 19.6. The molecular weight excluding hydrogens is 428 g/mol. The molecule has 0 aliphatic rings. The van der Waals surface area contributed by atoms with Gasteiger partial charge < -0.3 is 14.0 Å². The summed E-state index contributed by atoms with van der Waals surface area (Å²) in [5, 5.41) is 12.9. The highest BCUT2D eigenvalue weighted by molar-refractivity contribution is 7.98. The lowest BCUT2D eigenvalue weighted by Gasteiger charge is -2.10. The first-order valence-electron chi connectivity index (χ1n) is 9.92. The number of benzene rings is 2. The van der Waals surface area contributed by atoms with E-state index in [0.717, 1.165) is 45.1 Å². The molecule has 8 heteroatoms. The van der Waals surface area contributed by atoms with Gasteiger partial charge in [-0.25, -0.2) is 4.98 Å². The Kier molecular flexibility index (Phi) is 6.58. The van der Waals surface area contributed by atoms with Crippen LogP contribution in [0, 0.1) is 6.92 Å². The summed E-state index contributed by atoms with van der Waals surface area (Å²) in [4.78, 5) is 4.80. The normalized spacial score (nSPS) is 11.0. The van der Waals surface area contributed by atoms with E-state index in [9.17, 15) is 0 Å². The predicted octanol–water partition coefficient (Wildman–Crippen LogP) is 5.71. The molecule has 2 aromatic carbocycles. The maximum atomic E-state index is 5.43. The summed E-state index contributed by atoms with van der Waals surface area (Å²) in [6.45, 7) is 4.95. The Hall–Kier alpha value is -2.84. The molecule has 0 fully saturated rings. The van der Waals surface area contributed by atoms with Crippen molar-refractivity contribution < 1.29 is 9.47 Å². The van der Waals surface area contributed by atoms with Gasteiger partial charge in [0.25, 0.3) is 0 Å². The van der Waals surface area contributed by atoms with Crippen LogP contribution in [0.25, 0.3) is 22.0 Å². The molecule has 6 nitrogen and oxygen atoms in total. The Morgan fingerprint density at radius 2 is 1.71 bits per heavy atom. The van der Waals surface area contributed by atoms with Crippen molar-refractivity contribution in [3.05, 3.63) is 59.1 Å². The van der Waals surface area contributed by atoms with Gasteiger partial charge in [0.05, 0.1) is 19.9 Å². The molecule has 0 saturated heterocycles. The minimum atomic E-state index is 0.672. The number of rotatable bonds is 8. The van der Waals surface area contributed by atoms with Crippen LogP contribution in [-0.4, -0.2) is 34.0 Å². The number of hydrogen-bond acceptors (Lipinski definition) is 7. The standard InChI is InChI=1S/C23H24N4O2S2/c1-5-27-21(17-10-11-19(28-3)20(12-17)29-4)25-26-23(27)31-14-18-13-30-22(24-18)16-8-6-15(2)7-9-16/h6-13H,5,14H2,1-4H3. The highest BCUT2D eigenvalue weighted by Gasteiger charge is 2.16. The van der Waals surface area contributed by atoms with Gasteiger partial charge in [-0.2, -0.15) is 0 Å². The van der Waals surface area contributed by atoms with Gasteiger partial charge in [0.2, 0.25) is 0 Å². The molecule has 0 saturated carbocycles. The molecule has 0 atom stereocenters. The monoisotopic (exact) mass is 452 g/mol. The molecular formula is C23H24N4O2S2. The molecule has 0 spiro atoms. The highest BCUT2D eigenvalue weighted by atomic mass is 32.2. The largest absolute Gasteiger partial charge is 0.493 e. The molecule has 0 radical (unpaired) electrons. The molecule has 0 bridgehead atoms. The second kappa shape index (κ2) is 9.53. The second-order valence-corrected chi connectivity index (χ2v) is 8.72. The van der Waals surface area contributed by atoms with E-state index >= 15 is 0 Å². The third-order valence-electron chi connectivity index (χ3n) is 4.87. The number of methoxy groups -OCH3 is 2.